The second-order valence-electron chi connectivity index (χ2n) is 6.40. The average molecular weight is 372 g/mol. The van der Waals surface area contributed by atoms with E-state index in [9.17, 15) is 22.8 Å². The van der Waals surface area contributed by atoms with E-state index in [4.69, 9.17) is 0 Å². The van der Waals surface area contributed by atoms with Crippen LogP contribution >= 0.6 is 0 Å². The van der Waals surface area contributed by atoms with Crippen LogP contribution in [0.3, 0.4) is 0 Å². The van der Waals surface area contributed by atoms with Crippen molar-refractivity contribution in [2.75, 3.05) is 26.7 Å². The van der Waals surface area contributed by atoms with Crippen molar-refractivity contribution < 1.29 is 27.5 Å². The SMILES string of the molecule is COC(=O)N1CCC(CNC(=O)CCc2ccc(C(F)(F)F)cc2)CC1. The van der Waals surface area contributed by atoms with Crippen molar-refractivity contribution in [2.45, 2.75) is 31.9 Å². The molecular formula is C18H23F3N2O3. The third-order valence-corrected chi connectivity index (χ3v) is 4.56. The highest BCUT2D eigenvalue weighted by Gasteiger charge is 2.30. The van der Waals surface area contributed by atoms with E-state index in [1.54, 1.807) is 4.90 Å². The first-order valence-corrected chi connectivity index (χ1v) is 8.55. The number of benzene rings is 1. The Hall–Kier alpha value is -2.25. The Morgan fingerprint density at radius 2 is 1.81 bits per heavy atom. The van der Waals surface area contributed by atoms with E-state index in [1.807, 2.05) is 0 Å². The third-order valence-electron chi connectivity index (χ3n) is 4.56. The van der Waals surface area contributed by atoms with Crippen molar-refractivity contribution in [1.82, 2.24) is 10.2 Å². The second kappa shape index (κ2) is 8.91. The molecule has 0 aliphatic carbocycles. The van der Waals surface area contributed by atoms with E-state index in [0.717, 1.165) is 25.0 Å². The molecule has 2 amide bonds. The van der Waals surface area contributed by atoms with Gasteiger partial charge in [-0.05, 0) is 42.9 Å². The van der Waals surface area contributed by atoms with Crippen molar-refractivity contribution >= 4 is 12.0 Å². The van der Waals surface area contributed by atoms with Crippen molar-refractivity contribution in [2.24, 2.45) is 5.92 Å². The maximum atomic E-state index is 12.5. The lowest BCUT2D eigenvalue weighted by molar-refractivity contribution is -0.137. The highest BCUT2D eigenvalue weighted by Crippen LogP contribution is 2.29. The normalized spacial score (nSPS) is 15.6. The fourth-order valence-corrected chi connectivity index (χ4v) is 2.91. The molecule has 26 heavy (non-hydrogen) atoms. The summed E-state index contributed by atoms with van der Waals surface area (Å²) < 4.78 is 42.2. The summed E-state index contributed by atoms with van der Waals surface area (Å²) in [5.41, 5.74) is 0.00327. The molecular weight excluding hydrogens is 349 g/mol. The predicted octanol–water partition coefficient (Wildman–Crippen LogP) is 3.23. The van der Waals surface area contributed by atoms with Gasteiger partial charge in [0.25, 0.3) is 0 Å². The van der Waals surface area contributed by atoms with Crippen molar-refractivity contribution in [3.63, 3.8) is 0 Å². The summed E-state index contributed by atoms with van der Waals surface area (Å²) in [5, 5.41) is 2.86. The molecule has 2 rings (SSSR count). The van der Waals surface area contributed by atoms with Gasteiger partial charge in [-0.25, -0.2) is 4.79 Å². The van der Waals surface area contributed by atoms with Crippen LogP contribution in [0.1, 0.15) is 30.4 Å². The predicted molar refractivity (Wildman–Crippen MR) is 89.5 cm³/mol. The maximum absolute atomic E-state index is 12.5. The number of likely N-dealkylation sites (tertiary alicyclic amines) is 1. The molecule has 0 radical (unpaired) electrons. The summed E-state index contributed by atoms with van der Waals surface area (Å²) >= 11 is 0. The summed E-state index contributed by atoms with van der Waals surface area (Å²) in [4.78, 5) is 25.0. The van der Waals surface area contributed by atoms with Crippen LogP contribution in [0.25, 0.3) is 0 Å². The lowest BCUT2D eigenvalue weighted by Gasteiger charge is -2.30. The Balaban J connectivity index is 1.67. The lowest BCUT2D eigenvalue weighted by atomic mass is 9.97. The van der Waals surface area contributed by atoms with Gasteiger partial charge in [0.05, 0.1) is 12.7 Å². The summed E-state index contributed by atoms with van der Waals surface area (Å²) in [6.45, 7) is 1.76. The first kappa shape index (κ1) is 20.1. The Labute approximate surface area is 150 Å². The van der Waals surface area contributed by atoms with Crippen LogP contribution < -0.4 is 5.32 Å². The highest BCUT2D eigenvalue weighted by atomic mass is 19.4. The monoisotopic (exact) mass is 372 g/mol. The van der Waals surface area contributed by atoms with Gasteiger partial charge in [0.2, 0.25) is 5.91 Å². The summed E-state index contributed by atoms with van der Waals surface area (Å²) in [5.74, 6) is 0.186. The van der Waals surface area contributed by atoms with Gasteiger partial charge in [-0.15, -0.1) is 0 Å². The molecule has 0 unspecified atom stereocenters. The molecule has 1 aliphatic rings. The largest absolute Gasteiger partial charge is 0.453 e. The Bertz CT molecular complexity index is 609. The van der Waals surface area contributed by atoms with E-state index in [0.29, 0.717) is 37.5 Å². The molecule has 0 atom stereocenters. The number of methoxy groups -OCH3 is 1. The van der Waals surface area contributed by atoms with Crippen LogP contribution in [-0.4, -0.2) is 43.6 Å². The van der Waals surface area contributed by atoms with Gasteiger partial charge in [-0.3, -0.25) is 4.79 Å². The number of carbonyl (C=O) groups excluding carboxylic acids is 2. The number of nitrogens with zero attached hydrogens (tertiary/aromatic N) is 1. The molecule has 144 valence electrons. The number of halogens is 3. The van der Waals surface area contributed by atoms with Gasteiger partial charge in [0.15, 0.2) is 0 Å². The van der Waals surface area contributed by atoms with Crippen LogP contribution in [0, 0.1) is 5.92 Å². The number of alkyl halides is 3. The minimum atomic E-state index is -4.35. The third kappa shape index (κ3) is 5.93. The second-order valence-corrected chi connectivity index (χ2v) is 6.40. The number of ether oxygens (including phenoxy) is 1. The molecule has 5 nitrogen and oxygen atoms in total. The summed E-state index contributed by atoms with van der Waals surface area (Å²) in [6, 6.07) is 4.86. The molecule has 1 aromatic carbocycles. The molecule has 1 fully saturated rings. The Kier molecular flexibility index (Phi) is 6.88. The Morgan fingerprint density at radius 3 is 2.35 bits per heavy atom. The zero-order chi connectivity index (χ0) is 19.2. The molecule has 1 saturated heterocycles. The fourth-order valence-electron chi connectivity index (χ4n) is 2.91. The number of hydrogen-bond donors (Lipinski definition) is 1. The zero-order valence-electron chi connectivity index (χ0n) is 14.6. The number of aryl methyl sites for hydroxylation is 1. The van der Waals surface area contributed by atoms with E-state index in [1.165, 1.54) is 19.2 Å². The minimum absolute atomic E-state index is 0.125. The summed E-state index contributed by atoms with van der Waals surface area (Å²) in [7, 11) is 1.35. The number of rotatable bonds is 5. The topological polar surface area (TPSA) is 58.6 Å². The minimum Gasteiger partial charge on any atom is -0.453 e. The molecule has 1 N–H and O–H groups in total. The first-order chi connectivity index (χ1) is 12.3. The van der Waals surface area contributed by atoms with E-state index < -0.39 is 11.7 Å². The smallest absolute Gasteiger partial charge is 0.416 e. The fraction of sp³-hybridized carbons (Fsp3) is 0.556. The molecule has 1 heterocycles. The molecule has 0 aromatic heterocycles. The number of amides is 2. The van der Waals surface area contributed by atoms with Crippen LogP contribution in [0.2, 0.25) is 0 Å². The standard InChI is InChI=1S/C18H23F3N2O3/c1-26-17(25)23-10-8-14(9-11-23)12-22-16(24)7-4-13-2-5-15(6-3-13)18(19,20)21/h2-3,5-6,14H,4,7-12H2,1H3,(H,22,24). The van der Waals surface area contributed by atoms with Crippen LogP contribution in [-0.2, 0) is 22.1 Å². The highest BCUT2D eigenvalue weighted by molar-refractivity contribution is 5.76. The average Bonchev–Trinajstić information content (AvgIpc) is 2.64. The van der Waals surface area contributed by atoms with E-state index >= 15 is 0 Å². The van der Waals surface area contributed by atoms with Crippen LogP contribution in [0.15, 0.2) is 24.3 Å². The Morgan fingerprint density at radius 1 is 1.19 bits per heavy atom. The number of carbonyl (C=O) groups is 2. The molecule has 1 aromatic rings. The number of hydrogen-bond acceptors (Lipinski definition) is 3. The van der Waals surface area contributed by atoms with Crippen LogP contribution in [0.5, 0.6) is 0 Å². The molecule has 0 bridgehead atoms. The van der Waals surface area contributed by atoms with E-state index in [-0.39, 0.29) is 18.4 Å². The van der Waals surface area contributed by atoms with Gasteiger partial charge >= 0.3 is 12.3 Å². The molecule has 0 spiro atoms. The van der Waals surface area contributed by atoms with Crippen molar-refractivity contribution in [3.05, 3.63) is 35.4 Å². The maximum Gasteiger partial charge on any atom is 0.416 e. The molecule has 1 aliphatic heterocycles. The summed E-state index contributed by atoms with van der Waals surface area (Å²) in [6.07, 6.45) is -2.46. The van der Waals surface area contributed by atoms with Crippen LogP contribution in [0.4, 0.5) is 18.0 Å². The first-order valence-electron chi connectivity index (χ1n) is 8.55. The van der Waals surface area contributed by atoms with Gasteiger partial charge in [-0.2, -0.15) is 13.2 Å². The van der Waals surface area contributed by atoms with Crippen molar-refractivity contribution in [3.8, 4) is 0 Å². The quantitative estimate of drug-likeness (QED) is 0.863. The lowest BCUT2D eigenvalue weighted by Crippen LogP contribution is -2.41. The molecule has 8 heteroatoms. The molecule has 0 saturated carbocycles. The van der Waals surface area contributed by atoms with Gasteiger partial charge in [0.1, 0.15) is 0 Å². The van der Waals surface area contributed by atoms with Crippen molar-refractivity contribution in [1.29, 1.82) is 0 Å². The zero-order valence-corrected chi connectivity index (χ0v) is 14.6. The van der Waals surface area contributed by atoms with Gasteiger partial charge < -0.3 is 15.0 Å². The number of nitrogens with one attached hydrogen (secondary N) is 1. The number of piperidine rings is 1. The van der Waals surface area contributed by atoms with E-state index in [2.05, 4.69) is 10.1 Å². The van der Waals surface area contributed by atoms with Gasteiger partial charge in [0, 0.05) is 26.1 Å². The van der Waals surface area contributed by atoms with Gasteiger partial charge in [-0.1, -0.05) is 12.1 Å².